The summed E-state index contributed by atoms with van der Waals surface area (Å²) >= 11 is 0. The molecule has 0 unspecified atom stereocenters. The number of ether oxygens (including phenoxy) is 2. The van der Waals surface area contributed by atoms with Gasteiger partial charge in [0, 0.05) is 19.4 Å². The van der Waals surface area contributed by atoms with Crippen molar-refractivity contribution >= 4 is 23.1 Å². The Morgan fingerprint density at radius 3 is 1.61 bits per heavy atom. The second-order valence-electron chi connectivity index (χ2n) is 17.5. The Morgan fingerprint density at radius 2 is 1.03 bits per heavy atom. The molecular formula is C50H91N5O4. The number of imidazole rings is 1. The third-order valence-corrected chi connectivity index (χ3v) is 12.0. The molecule has 0 aliphatic rings. The number of aromatic nitrogens is 4. The van der Waals surface area contributed by atoms with Gasteiger partial charge in [-0.2, -0.15) is 0 Å². The molecular weight excluding hydrogens is 735 g/mol. The summed E-state index contributed by atoms with van der Waals surface area (Å²) in [6, 6.07) is 0. The molecule has 0 N–H and O–H groups in total. The van der Waals surface area contributed by atoms with Crippen molar-refractivity contribution in [2.24, 2.45) is 0 Å². The lowest BCUT2D eigenvalue weighted by atomic mass is 10.0. The van der Waals surface area contributed by atoms with E-state index in [1.165, 1.54) is 141 Å². The Hall–Kier alpha value is -2.55. The van der Waals surface area contributed by atoms with Gasteiger partial charge in [-0.3, -0.25) is 9.59 Å². The van der Waals surface area contributed by atoms with Crippen LogP contribution in [0.2, 0.25) is 0 Å². The molecule has 0 aliphatic carbocycles. The Morgan fingerprint density at radius 1 is 0.559 bits per heavy atom. The molecule has 0 radical (unpaired) electrons. The van der Waals surface area contributed by atoms with Crippen molar-refractivity contribution in [3.8, 4) is 0 Å². The Bertz CT molecular complexity index is 1270. The van der Waals surface area contributed by atoms with E-state index in [2.05, 4.69) is 45.2 Å². The minimum absolute atomic E-state index is 0.0221. The lowest BCUT2D eigenvalue weighted by molar-refractivity contribution is -0.150. The van der Waals surface area contributed by atoms with Gasteiger partial charge in [0.25, 0.3) is 0 Å². The van der Waals surface area contributed by atoms with Crippen molar-refractivity contribution in [1.82, 2.24) is 24.4 Å². The lowest BCUT2D eigenvalue weighted by Gasteiger charge is -2.22. The second kappa shape index (κ2) is 37.2. The van der Waals surface area contributed by atoms with Crippen molar-refractivity contribution in [3.05, 3.63) is 18.3 Å². The van der Waals surface area contributed by atoms with Crippen LogP contribution in [0.15, 0.2) is 12.7 Å². The summed E-state index contributed by atoms with van der Waals surface area (Å²) < 4.78 is 13.7. The minimum Gasteiger partial charge on any atom is -0.466 e. The van der Waals surface area contributed by atoms with Gasteiger partial charge in [-0.25, -0.2) is 15.0 Å². The first-order valence-corrected chi connectivity index (χ1v) is 25.2. The van der Waals surface area contributed by atoms with Gasteiger partial charge in [0.15, 0.2) is 5.65 Å². The van der Waals surface area contributed by atoms with Gasteiger partial charge >= 0.3 is 11.9 Å². The quantitative estimate of drug-likeness (QED) is 0.0482. The smallest absolute Gasteiger partial charge is 0.306 e. The molecule has 0 atom stereocenters. The van der Waals surface area contributed by atoms with Crippen LogP contribution >= 0.6 is 0 Å². The third kappa shape index (κ3) is 27.8. The van der Waals surface area contributed by atoms with Crippen LogP contribution in [-0.2, 0) is 25.6 Å². The van der Waals surface area contributed by atoms with Crippen LogP contribution in [0.5, 0.6) is 0 Å². The van der Waals surface area contributed by atoms with Crippen LogP contribution in [0.3, 0.4) is 0 Å². The third-order valence-electron chi connectivity index (χ3n) is 12.0. The SMILES string of the molecule is CCCCCCCCOC(=O)CCCCCCCN(CCCCCCCC(=O)OC(CCCCCCCC)CCCCCCCC)CCCn1cnc2c(C)ncnc21. The van der Waals surface area contributed by atoms with E-state index in [9.17, 15) is 9.59 Å². The maximum Gasteiger partial charge on any atom is 0.306 e. The highest BCUT2D eigenvalue weighted by Crippen LogP contribution is 2.19. The summed E-state index contributed by atoms with van der Waals surface area (Å²) in [6.07, 6.45) is 41.7. The average molecular weight is 826 g/mol. The number of unbranched alkanes of at least 4 members (excludes halogenated alkanes) is 23. The van der Waals surface area contributed by atoms with Crippen LogP contribution in [0.25, 0.3) is 11.2 Å². The van der Waals surface area contributed by atoms with E-state index < -0.39 is 0 Å². The fraction of sp³-hybridized carbons (Fsp3) is 0.860. The van der Waals surface area contributed by atoms with Gasteiger partial charge in [-0.15, -0.1) is 0 Å². The van der Waals surface area contributed by atoms with Crippen LogP contribution < -0.4 is 0 Å². The largest absolute Gasteiger partial charge is 0.466 e. The highest BCUT2D eigenvalue weighted by Gasteiger charge is 2.15. The summed E-state index contributed by atoms with van der Waals surface area (Å²) in [5.74, 6) is -0.00271. The number of hydrogen-bond donors (Lipinski definition) is 0. The van der Waals surface area contributed by atoms with Crippen molar-refractivity contribution in [1.29, 1.82) is 0 Å². The molecule has 340 valence electrons. The van der Waals surface area contributed by atoms with Crippen molar-refractivity contribution in [2.45, 2.75) is 252 Å². The molecule has 0 fully saturated rings. The van der Waals surface area contributed by atoms with Crippen LogP contribution in [0.4, 0.5) is 0 Å². The van der Waals surface area contributed by atoms with E-state index in [4.69, 9.17) is 9.47 Å². The highest BCUT2D eigenvalue weighted by molar-refractivity contribution is 5.72. The molecule has 2 heterocycles. The number of hydrogen-bond acceptors (Lipinski definition) is 8. The molecule has 0 aliphatic heterocycles. The molecule has 2 aromatic rings. The van der Waals surface area contributed by atoms with E-state index in [1.807, 2.05) is 13.3 Å². The summed E-state index contributed by atoms with van der Waals surface area (Å²) in [5, 5.41) is 0. The summed E-state index contributed by atoms with van der Waals surface area (Å²) in [6.45, 7) is 13.5. The maximum atomic E-state index is 12.9. The number of fused-ring (bicyclic) bond motifs is 1. The van der Waals surface area contributed by atoms with E-state index >= 15 is 0 Å². The molecule has 0 spiro atoms. The monoisotopic (exact) mass is 826 g/mol. The lowest BCUT2D eigenvalue weighted by Crippen LogP contribution is -2.28. The number of rotatable bonds is 42. The normalized spacial score (nSPS) is 11.7. The second-order valence-corrected chi connectivity index (χ2v) is 17.5. The maximum absolute atomic E-state index is 12.9. The van der Waals surface area contributed by atoms with Crippen molar-refractivity contribution < 1.29 is 19.1 Å². The molecule has 0 saturated carbocycles. The van der Waals surface area contributed by atoms with E-state index in [0.29, 0.717) is 19.4 Å². The molecule has 0 saturated heterocycles. The molecule has 0 amide bonds. The fourth-order valence-electron chi connectivity index (χ4n) is 8.18. The van der Waals surface area contributed by atoms with Gasteiger partial charge in [0.2, 0.25) is 0 Å². The topological polar surface area (TPSA) is 99.4 Å². The first kappa shape index (κ1) is 52.6. The average Bonchev–Trinajstić information content (AvgIpc) is 3.65. The number of aryl methyl sites for hydroxylation is 2. The fourth-order valence-corrected chi connectivity index (χ4v) is 8.18. The minimum atomic E-state index is -0.0248. The molecule has 2 aromatic heterocycles. The zero-order valence-electron chi connectivity index (χ0n) is 39.0. The first-order valence-electron chi connectivity index (χ1n) is 25.2. The van der Waals surface area contributed by atoms with Crippen molar-refractivity contribution in [3.63, 3.8) is 0 Å². The number of carbonyl (C=O) groups is 2. The Balaban J connectivity index is 1.68. The van der Waals surface area contributed by atoms with Gasteiger partial charge in [0.05, 0.1) is 18.6 Å². The molecule has 2 rings (SSSR count). The van der Waals surface area contributed by atoms with E-state index in [1.54, 1.807) is 6.33 Å². The number of nitrogens with zero attached hydrogens (tertiary/aromatic N) is 5. The van der Waals surface area contributed by atoms with Crippen LogP contribution in [0.1, 0.15) is 238 Å². The van der Waals surface area contributed by atoms with Crippen molar-refractivity contribution in [2.75, 3.05) is 26.2 Å². The summed E-state index contributed by atoms with van der Waals surface area (Å²) in [4.78, 5) is 41.0. The van der Waals surface area contributed by atoms with Gasteiger partial charge in [0.1, 0.15) is 17.9 Å². The predicted octanol–water partition coefficient (Wildman–Crippen LogP) is 13.8. The standard InChI is InChI=1S/C50H91N5O4/c1-5-8-11-14-19-26-34-46(35-27-20-15-12-9-6-2)59-48(57)37-29-22-18-24-31-39-54(40-33-41-55-44-53-49-45(4)51-43-52-50(49)55)38-30-23-17-21-28-36-47(56)58-42-32-25-16-13-10-7-3/h43-44,46H,5-42H2,1-4H3. The molecule has 0 aromatic carbocycles. The summed E-state index contributed by atoms with van der Waals surface area (Å²) in [7, 11) is 0. The Labute approximate surface area is 362 Å². The Kier molecular flexibility index (Phi) is 33.2. The number of carbonyl (C=O) groups excluding carboxylic acids is 2. The molecule has 59 heavy (non-hydrogen) atoms. The summed E-state index contributed by atoms with van der Waals surface area (Å²) in [5.41, 5.74) is 2.74. The molecule has 0 bridgehead atoms. The zero-order valence-corrected chi connectivity index (χ0v) is 39.0. The molecule has 9 heteroatoms. The number of esters is 2. The van der Waals surface area contributed by atoms with E-state index in [0.717, 1.165) is 101 Å². The van der Waals surface area contributed by atoms with Crippen LogP contribution in [-0.4, -0.2) is 68.7 Å². The molecule has 9 nitrogen and oxygen atoms in total. The first-order chi connectivity index (χ1) is 29.0. The highest BCUT2D eigenvalue weighted by atomic mass is 16.5. The van der Waals surface area contributed by atoms with E-state index in [-0.39, 0.29) is 18.0 Å². The van der Waals surface area contributed by atoms with Gasteiger partial charge < -0.3 is 18.9 Å². The van der Waals surface area contributed by atoms with Gasteiger partial charge in [-0.1, -0.05) is 156 Å². The van der Waals surface area contributed by atoms with Gasteiger partial charge in [-0.05, 0) is 90.8 Å². The predicted molar refractivity (Wildman–Crippen MR) is 247 cm³/mol. The zero-order chi connectivity index (χ0) is 42.4. The van der Waals surface area contributed by atoms with Crippen LogP contribution in [0, 0.1) is 6.92 Å².